The van der Waals surface area contributed by atoms with Gasteiger partial charge in [-0.25, -0.2) is 0 Å². The van der Waals surface area contributed by atoms with Gasteiger partial charge in [0.2, 0.25) is 5.91 Å². The third-order valence-electron chi connectivity index (χ3n) is 6.43. The number of carbonyl (C=O) groups is 1. The summed E-state index contributed by atoms with van der Waals surface area (Å²) in [5.41, 5.74) is 0. The van der Waals surface area contributed by atoms with E-state index in [4.69, 9.17) is 0 Å². The second kappa shape index (κ2) is 9.88. The zero-order valence-electron chi connectivity index (χ0n) is 14.7. The van der Waals surface area contributed by atoms with Crippen LogP contribution in [-0.4, -0.2) is 43.0 Å². The summed E-state index contributed by atoms with van der Waals surface area (Å²) in [5.74, 6) is 1.28. The maximum atomic E-state index is 12.4. The van der Waals surface area contributed by atoms with Crippen LogP contribution < -0.4 is 17.3 Å². The molecule has 3 nitrogen and oxygen atoms in total. The first-order valence-electron chi connectivity index (χ1n) is 9.95. The first-order chi connectivity index (χ1) is 10.8. The van der Waals surface area contributed by atoms with Gasteiger partial charge in [0, 0.05) is 6.42 Å². The molecule has 3 aliphatic rings. The van der Waals surface area contributed by atoms with Crippen LogP contribution in [0.3, 0.4) is 0 Å². The number of hydrogen-bond donors (Lipinski definition) is 1. The van der Waals surface area contributed by atoms with E-state index in [-0.39, 0.29) is 12.4 Å². The summed E-state index contributed by atoms with van der Waals surface area (Å²) >= 11 is 0. The molecule has 1 saturated heterocycles. The maximum absolute atomic E-state index is 12.4. The molecule has 1 heterocycles. The number of hydrogen-bond acceptors (Lipinski definition) is 1. The van der Waals surface area contributed by atoms with Crippen molar-refractivity contribution in [3.8, 4) is 0 Å². The van der Waals surface area contributed by atoms with E-state index >= 15 is 0 Å². The minimum absolute atomic E-state index is 0. The Morgan fingerprint density at radius 1 is 0.870 bits per heavy atom. The number of amides is 1. The van der Waals surface area contributed by atoms with Crippen molar-refractivity contribution in [2.75, 3.05) is 26.2 Å². The van der Waals surface area contributed by atoms with Gasteiger partial charge in [0.05, 0.1) is 32.2 Å². The number of carbonyl (C=O) groups excluding carboxylic acids is 1. The molecule has 3 fully saturated rings. The lowest BCUT2D eigenvalue weighted by molar-refractivity contribution is -0.930. The van der Waals surface area contributed by atoms with Crippen LogP contribution in [0.2, 0.25) is 0 Å². The second-order valence-electron chi connectivity index (χ2n) is 7.92. The lowest BCUT2D eigenvalue weighted by Crippen LogP contribution is -3.18. The molecule has 3 rings (SSSR count). The predicted octanol–water partition coefficient (Wildman–Crippen LogP) is -0.589. The molecule has 0 aromatic heterocycles. The largest absolute Gasteiger partial charge is 1.00 e. The summed E-state index contributed by atoms with van der Waals surface area (Å²) in [6, 6.07) is 0.897. The van der Waals surface area contributed by atoms with Gasteiger partial charge in [-0.2, -0.15) is 0 Å². The van der Waals surface area contributed by atoms with Crippen LogP contribution in [0.4, 0.5) is 0 Å². The highest BCUT2D eigenvalue weighted by atomic mass is 35.5. The number of halogens is 1. The topological polar surface area (TPSA) is 24.8 Å². The fraction of sp³-hybridized carbons (Fsp3) is 0.947. The first-order valence-corrected chi connectivity index (χ1v) is 9.95. The highest BCUT2D eigenvalue weighted by Gasteiger charge is 2.30. The molecule has 1 aliphatic heterocycles. The third kappa shape index (κ3) is 5.63. The summed E-state index contributed by atoms with van der Waals surface area (Å²) in [5, 5.41) is 0. The van der Waals surface area contributed by atoms with Gasteiger partial charge in [-0.1, -0.05) is 38.5 Å². The van der Waals surface area contributed by atoms with Crippen molar-refractivity contribution in [1.82, 2.24) is 4.90 Å². The molecule has 2 aliphatic carbocycles. The van der Waals surface area contributed by atoms with Crippen molar-refractivity contribution >= 4 is 5.91 Å². The van der Waals surface area contributed by atoms with E-state index in [0.717, 1.165) is 37.9 Å². The number of rotatable bonds is 4. The minimum atomic E-state index is 0. The lowest BCUT2D eigenvalue weighted by Gasteiger charge is -2.38. The fourth-order valence-electron chi connectivity index (χ4n) is 4.92. The molecule has 2 saturated carbocycles. The number of nitrogens with one attached hydrogen (secondary N) is 1. The van der Waals surface area contributed by atoms with E-state index in [9.17, 15) is 4.79 Å². The fourth-order valence-corrected chi connectivity index (χ4v) is 4.92. The van der Waals surface area contributed by atoms with Crippen LogP contribution in [0, 0.1) is 5.92 Å². The molecular weight excluding hydrogens is 308 g/mol. The van der Waals surface area contributed by atoms with Crippen molar-refractivity contribution < 1.29 is 22.1 Å². The Bertz CT molecular complexity index is 343. The Labute approximate surface area is 148 Å². The van der Waals surface area contributed by atoms with Gasteiger partial charge in [-0.3, -0.25) is 4.79 Å². The van der Waals surface area contributed by atoms with Crippen molar-refractivity contribution in [3.63, 3.8) is 0 Å². The predicted molar refractivity (Wildman–Crippen MR) is 90.0 cm³/mol. The van der Waals surface area contributed by atoms with E-state index in [1.54, 1.807) is 4.90 Å². The molecule has 0 radical (unpaired) electrons. The van der Waals surface area contributed by atoms with Crippen LogP contribution in [0.25, 0.3) is 0 Å². The van der Waals surface area contributed by atoms with Gasteiger partial charge in [-0.15, -0.1) is 0 Å². The summed E-state index contributed by atoms with van der Waals surface area (Å²) in [7, 11) is 0. The van der Waals surface area contributed by atoms with Crippen LogP contribution in [-0.2, 0) is 4.79 Å². The normalized spacial score (nSPS) is 25.1. The Kier molecular flexibility index (Phi) is 8.18. The molecule has 23 heavy (non-hydrogen) atoms. The summed E-state index contributed by atoms with van der Waals surface area (Å²) in [6.45, 7) is 4.41. The van der Waals surface area contributed by atoms with Crippen LogP contribution in [0.15, 0.2) is 0 Å². The number of piperazine rings is 1. The molecule has 0 atom stereocenters. The molecule has 1 N–H and O–H groups in total. The van der Waals surface area contributed by atoms with Gasteiger partial charge in [-0.05, 0) is 38.0 Å². The quantitative estimate of drug-likeness (QED) is 0.726. The highest BCUT2D eigenvalue weighted by Crippen LogP contribution is 2.27. The zero-order chi connectivity index (χ0) is 15.2. The molecule has 1 amide bonds. The van der Waals surface area contributed by atoms with Gasteiger partial charge in [0.15, 0.2) is 0 Å². The van der Waals surface area contributed by atoms with Gasteiger partial charge < -0.3 is 22.2 Å². The smallest absolute Gasteiger partial charge is 0.222 e. The Balaban J connectivity index is 0.00000192. The van der Waals surface area contributed by atoms with E-state index < -0.39 is 0 Å². The maximum Gasteiger partial charge on any atom is 0.222 e. The zero-order valence-corrected chi connectivity index (χ0v) is 15.5. The van der Waals surface area contributed by atoms with Crippen LogP contribution >= 0.6 is 0 Å². The van der Waals surface area contributed by atoms with Crippen LogP contribution in [0.5, 0.6) is 0 Å². The molecule has 134 valence electrons. The summed E-state index contributed by atoms with van der Waals surface area (Å²) in [6.07, 6.45) is 16.0. The summed E-state index contributed by atoms with van der Waals surface area (Å²) < 4.78 is 0. The van der Waals surface area contributed by atoms with Crippen molar-refractivity contribution in [2.24, 2.45) is 5.92 Å². The minimum Gasteiger partial charge on any atom is -1.00 e. The first kappa shape index (κ1) is 19.1. The Morgan fingerprint density at radius 2 is 1.43 bits per heavy atom. The van der Waals surface area contributed by atoms with Crippen molar-refractivity contribution in [3.05, 3.63) is 0 Å². The lowest BCUT2D eigenvalue weighted by atomic mass is 9.86. The Morgan fingerprint density at radius 3 is 2.04 bits per heavy atom. The van der Waals surface area contributed by atoms with Gasteiger partial charge >= 0.3 is 0 Å². The average molecular weight is 343 g/mol. The van der Waals surface area contributed by atoms with Crippen LogP contribution in [0.1, 0.15) is 77.0 Å². The van der Waals surface area contributed by atoms with Crippen molar-refractivity contribution in [1.29, 1.82) is 0 Å². The summed E-state index contributed by atoms with van der Waals surface area (Å²) in [4.78, 5) is 16.4. The Hall–Kier alpha value is -0.280. The monoisotopic (exact) mass is 342 g/mol. The second-order valence-corrected chi connectivity index (χ2v) is 7.92. The molecule has 0 unspecified atom stereocenters. The molecular formula is C19H35ClN2O. The third-order valence-corrected chi connectivity index (χ3v) is 6.43. The highest BCUT2D eigenvalue weighted by molar-refractivity contribution is 5.76. The van der Waals surface area contributed by atoms with Gasteiger partial charge in [0.1, 0.15) is 0 Å². The van der Waals surface area contributed by atoms with Crippen molar-refractivity contribution in [2.45, 2.75) is 83.1 Å². The van der Waals surface area contributed by atoms with Gasteiger partial charge in [0.25, 0.3) is 0 Å². The molecule has 0 bridgehead atoms. The van der Waals surface area contributed by atoms with E-state index in [1.807, 2.05) is 0 Å². The van der Waals surface area contributed by atoms with E-state index in [1.165, 1.54) is 77.3 Å². The molecule has 0 spiro atoms. The molecule has 0 aromatic rings. The number of quaternary nitrogens is 1. The SMILES string of the molecule is O=C(CCC1CCCCC1)N1CC[NH+](C2CCCCC2)CC1.[Cl-]. The standard InChI is InChI=1S/C19H34N2O.ClH/c22-19(12-11-17-7-3-1-4-8-17)21-15-13-20(14-16-21)18-9-5-2-6-10-18;/h17-18H,1-16H2;1H. The molecule has 0 aromatic carbocycles. The average Bonchev–Trinajstić information content (AvgIpc) is 2.61. The van der Waals surface area contributed by atoms with E-state index in [0.29, 0.717) is 5.91 Å². The van der Waals surface area contributed by atoms with E-state index in [2.05, 4.69) is 4.90 Å². The number of nitrogens with zero attached hydrogens (tertiary/aromatic N) is 1. The molecule has 4 heteroatoms.